The number of hydrogen-bond donors (Lipinski definition) is 1. The van der Waals surface area contributed by atoms with E-state index in [-0.39, 0.29) is 5.97 Å². The molecule has 1 fully saturated rings. The zero-order chi connectivity index (χ0) is 16.4. The van der Waals surface area contributed by atoms with Crippen molar-refractivity contribution < 1.29 is 9.53 Å². The van der Waals surface area contributed by atoms with Crippen LogP contribution in [0.3, 0.4) is 0 Å². The number of benzene rings is 1. The van der Waals surface area contributed by atoms with E-state index in [2.05, 4.69) is 40.8 Å². The second-order valence-electron chi connectivity index (χ2n) is 6.29. The predicted octanol–water partition coefficient (Wildman–Crippen LogP) is 2.88. The summed E-state index contributed by atoms with van der Waals surface area (Å²) < 4.78 is 5.05. The molecule has 23 heavy (non-hydrogen) atoms. The van der Waals surface area contributed by atoms with E-state index in [4.69, 9.17) is 4.74 Å². The zero-order valence-corrected chi connectivity index (χ0v) is 14.1. The largest absolute Gasteiger partial charge is 0.461 e. The van der Waals surface area contributed by atoms with E-state index in [1.54, 1.807) is 0 Å². The van der Waals surface area contributed by atoms with Crippen LogP contribution in [0.1, 0.15) is 31.3 Å². The van der Waals surface area contributed by atoms with Gasteiger partial charge in [0.05, 0.1) is 6.61 Å². The Labute approximate surface area is 137 Å². The Kier molecular flexibility index (Phi) is 4.57. The maximum Gasteiger partial charge on any atom is 0.354 e. The minimum atomic E-state index is -0.296. The summed E-state index contributed by atoms with van der Waals surface area (Å²) in [4.78, 5) is 19.9. The number of rotatable bonds is 4. The molecule has 0 spiro atoms. The summed E-state index contributed by atoms with van der Waals surface area (Å²) in [5, 5.41) is 1.05. The standard InChI is InChI=1S/C18H25N3O2/c1-4-23-18(22)17-12-14-11-15(5-6-16(14)19-17)21-9-7-20(8-10-21)13(2)3/h5-6,11-13,19H,4,7-10H2,1-3H3. The Bertz CT molecular complexity index is 685. The van der Waals surface area contributed by atoms with Gasteiger partial charge in [0, 0.05) is 48.8 Å². The van der Waals surface area contributed by atoms with Crippen LogP contribution >= 0.6 is 0 Å². The molecule has 1 aliphatic rings. The van der Waals surface area contributed by atoms with Crippen molar-refractivity contribution in [1.29, 1.82) is 0 Å². The molecule has 0 radical (unpaired) electrons. The third-order valence-corrected chi connectivity index (χ3v) is 4.51. The van der Waals surface area contributed by atoms with Crippen LogP contribution in [0.15, 0.2) is 24.3 Å². The zero-order valence-electron chi connectivity index (χ0n) is 14.1. The smallest absolute Gasteiger partial charge is 0.354 e. The van der Waals surface area contributed by atoms with Gasteiger partial charge in [0.2, 0.25) is 0 Å². The highest BCUT2D eigenvalue weighted by Gasteiger charge is 2.19. The van der Waals surface area contributed by atoms with E-state index < -0.39 is 0 Å². The quantitative estimate of drug-likeness (QED) is 0.882. The number of ether oxygens (including phenoxy) is 1. The highest BCUT2D eigenvalue weighted by molar-refractivity contribution is 5.95. The molecule has 5 nitrogen and oxygen atoms in total. The molecule has 124 valence electrons. The number of anilines is 1. The summed E-state index contributed by atoms with van der Waals surface area (Å²) in [6.07, 6.45) is 0. The number of hydrogen-bond acceptors (Lipinski definition) is 4. The van der Waals surface area contributed by atoms with Gasteiger partial charge < -0.3 is 14.6 Å². The minimum Gasteiger partial charge on any atom is -0.461 e. The van der Waals surface area contributed by atoms with Crippen molar-refractivity contribution in [1.82, 2.24) is 9.88 Å². The molecule has 2 aromatic rings. The van der Waals surface area contributed by atoms with Gasteiger partial charge in [-0.1, -0.05) is 0 Å². The first-order chi connectivity index (χ1) is 11.1. The van der Waals surface area contributed by atoms with Crippen LogP contribution in [0.5, 0.6) is 0 Å². The van der Waals surface area contributed by atoms with Crippen molar-refractivity contribution in [2.75, 3.05) is 37.7 Å². The number of carbonyl (C=O) groups is 1. The fraction of sp³-hybridized carbons (Fsp3) is 0.500. The summed E-state index contributed by atoms with van der Waals surface area (Å²) in [6, 6.07) is 8.80. The first-order valence-corrected chi connectivity index (χ1v) is 8.37. The molecule has 5 heteroatoms. The van der Waals surface area contributed by atoms with Gasteiger partial charge >= 0.3 is 5.97 Å². The molecular formula is C18H25N3O2. The van der Waals surface area contributed by atoms with Gasteiger partial charge in [0.25, 0.3) is 0 Å². The SMILES string of the molecule is CCOC(=O)c1cc2cc(N3CCN(C(C)C)CC3)ccc2[nH]1. The molecule has 1 aromatic carbocycles. The first kappa shape index (κ1) is 15.9. The van der Waals surface area contributed by atoms with Crippen LogP contribution in [0, 0.1) is 0 Å². The lowest BCUT2D eigenvalue weighted by atomic mass is 10.2. The minimum absolute atomic E-state index is 0.296. The maximum atomic E-state index is 11.8. The van der Waals surface area contributed by atoms with E-state index in [1.165, 1.54) is 5.69 Å². The lowest BCUT2D eigenvalue weighted by Crippen LogP contribution is -2.48. The van der Waals surface area contributed by atoms with Crippen molar-refractivity contribution in [3.8, 4) is 0 Å². The monoisotopic (exact) mass is 315 g/mol. The third-order valence-electron chi connectivity index (χ3n) is 4.51. The molecule has 0 atom stereocenters. The van der Waals surface area contributed by atoms with E-state index in [0.717, 1.165) is 37.1 Å². The fourth-order valence-corrected chi connectivity index (χ4v) is 3.13. The number of H-pyrrole nitrogens is 1. The fourth-order valence-electron chi connectivity index (χ4n) is 3.13. The molecule has 0 bridgehead atoms. The molecule has 0 saturated carbocycles. The highest BCUT2D eigenvalue weighted by Crippen LogP contribution is 2.24. The molecule has 2 heterocycles. The van der Waals surface area contributed by atoms with Gasteiger partial charge in [-0.25, -0.2) is 4.79 Å². The molecule has 1 aromatic heterocycles. The average molecular weight is 315 g/mol. The number of esters is 1. The Morgan fingerprint density at radius 3 is 2.61 bits per heavy atom. The van der Waals surface area contributed by atoms with Gasteiger partial charge in [-0.05, 0) is 45.0 Å². The van der Waals surface area contributed by atoms with Gasteiger partial charge in [-0.15, -0.1) is 0 Å². The molecule has 1 saturated heterocycles. The normalized spacial score (nSPS) is 16.3. The van der Waals surface area contributed by atoms with Gasteiger partial charge in [-0.3, -0.25) is 4.90 Å². The number of aromatic nitrogens is 1. The van der Waals surface area contributed by atoms with Gasteiger partial charge in [0.1, 0.15) is 5.69 Å². The lowest BCUT2D eigenvalue weighted by molar-refractivity contribution is 0.0520. The highest BCUT2D eigenvalue weighted by atomic mass is 16.5. The number of fused-ring (bicyclic) bond motifs is 1. The number of carbonyl (C=O) groups excluding carboxylic acids is 1. The summed E-state index contributed by atoms with van der Waals surface area (Å²) in [6.45, 7) is 11.0. The average Bonchev–Trinajstić information content (AvgIpc) is 2.98. The summed E-state index contributed by atoms with van der Waals surface area (Å²) >= 11 is 0. The van der Waals surface area contributed by atoms with E-state index >= 15 is 0 Å². The molecule has 0 unspecified atom stereocenters. The summed E-state index contributed by atoms with van der Waals surface area (Å²) in [5.41, 5.74) is 2.71. The van der Waals surface area contributed by atoms with Crippen molar-refractivity contribution in [2.24, 2.45) is 0 Å². The topological polar surface area (TPSA) is 48.6 Å². The molecule has 0 aliphatic carbocycles. The van der Waals surface area contributed by atoms with Crippen LogP contribution in [0.4, 0.5) is 5.69 Å². The van der Waals surface area contributed by atoms with Crippen LogP contribution in [-0.2, 0) is 4.74 Å². The van der Waals surface area contributed by atoms with Gasteiger partial charge in [0.15, 0.2) is 0 Å². The molecule has 0 amide bonds. The number of piperazine rings is 1. The number of aromatic amines is 1. The van der Waals surface area contributed by atoms with Crippen LogP contribution in [-0.4, -0.2) is 54.7 Å². The van der Waals surface area contributed by atoms with Crippen molar-refractivity contribution >= 4 is 22.6 Å². The Morgan fingerprint density at radius 2 is 1.96 bits per heavy atom. The Morgan fingerprint density at radius 1 is 1.22 bits per heavy atom. The van der Waals surface area contributed by atoms with Crippen molar-refractivity contribution in [2.45, 2.75) is 26.8 Å². The van der Waals surface area contributed by atoms with E-state index in [1.807, 2.05) is 19.1 Å². The van der Waals surface area contributed by atoms with E-state index in [9.17, 15) is 4.79 Å². The van der Waals surface area contributed by atoms with Crippen LogP contribution in [0.2, 0.25) is 0 Å². The lowest BCUT2D eigenvalue weighted by Gasteiger charge is -2.38. The van der Waals surface area contributed by atoms with Gasteiger partial charge in [-0.2, -0.15) is 0 Å². The molecule has 3 rings (SSSR count). The molecular weight excluding hydrogens is 290 g/mol. The Hall–Kier alpha value is -2.01. The summed E-state index contributed by atoms with van der Waals surface area (Å²) in [7, 11) is 0. The Balaban J connectivity index is 1.77. The number of nitrogens with one attached hydrogen (secondary N) is 1. The van der Waals surface area contributed by atoms with Crippen molar-refractivity contribution in [3.63, 3.8) is 0 Å². The third kappa shape index (κ3) is 3.34. The van der Waals surface area contributed by atoms with Crippen LogP contribution in [0.25, 0.3) is 10.9 Å². The second kappa shape index (κ2) is 6.62. The first-order valence-electron chi connectivity index (χ1n) is 8.37. The predicted molar refractivity (Wildman–Crippen MR) is 93.2 cm³/mol. The van der Waals surface area contributed by atoms with Crippen LogP contribution < -0.4 is 4.90 Å². The van der Waals surface area contributed by atoms with Crippen molar-refractivity contribution in [3.05, 3.63) is 30.0 Å². The second-order valence-corrected chi connectivity index (χ2v) is 6.29. The summed E-state index contributed by atoms with van der Waals surface area (Å²) in [5.74, 6) is -0.296. The number of nitrogens with zero attached hydrogens (tertiary/aromatic N) is 2. The molecule has 1 aliphatic heterocycles. The maximum absolute atomic E-state index is 11.8. The van der Waals surface area contributed by atoms with E-state index in [0.29, 0.717) is 18.3 Å². The molecule has 1 N–H and O–H groups in total.